The molecular weight excluding hydrogens is 248 g/mol. The summed E-state index contributed by atoms with van der Waals surface area (Å²) in [4.78, 5) is 4.59. The quantitative estimate of drug-likeness (QED) is 0.912. The molecule has 2 aromatic rings. The van der Waals surface area contributed by atoms with E-state index in [9.17, 15) is 8.42 Å². The van der Waals surface area contributed by atoms with Crippen LogP contribution in [-0.4, -0.2) is 19.7 Å². The van der Waals surface area contributed by atoms with Crippen LogP contribution in [0.1, 0.15) is 5.56 Å². The third-order valence-electron chi connectivity index (χ3n) is 2.64. The molecule has 1 heterocycles. The number of pyridine rings is 1. The largest absolute Gasteiger partial charge is 0.326 e. The third-order valence-corrected chi connectivity index (χ3v) is 3.77. The number of benzene rings is 1. The monoisotopic (exact) mass is 262 g/mol. The lowest BCUT2D eigenvalue weighted by molar-refractivity contribution is 0.602. The number of nitrogens with zero attached hydrogens (tertiary/aromatic N) is 1. The van der Waals surface area contributed by atoms with Crippen molar-refractivity contribution in [3.63, 3.8) is 0 Å². The highest BCUT2D eigenvalue weighted by atomic mass is 32.2. The Bertz CT molecular complexity index is 632. The highest BCUT2D eigenvalue weighted by Gasteiger charge is 2.07. The zero-order chi connectivity index (χ0) is 13.2. The molecule has 0 saturated heterocycles. The molecule has 0 radical (unpaired) electrons. The van der Waals surface area contributed by atoms with E-state index < -0.39 is 9.84 Å². The Kier molecular flexibility index (Phi) is 3.45. The molecular formula is C13H14N2O2S. The number of hydrogen-bond acceptors (Lipinski definition) is 4. The summed E-state index contributed by atoms with van der Waals surface area (Å²) in [6.45, 7) is 0.459. The van der Waals surface area contributed by atoms with Crippen molar-refractivity contribution in [2.45, 2.75) is 11.4 Å². The fourth-order valence-electron chi connectivity index (χ4n) is 1.59. The minimum atomic E-state index is -3.15. The minimum Gasteiger partial charge on any atom is -0.326 e. The molecule has 5 heteroatoms. The van der Waals surface area contributed by atoms with Gasteiger partial charge in [0.1, 0.15) is 0 Å². The van der Waals surface area contributed by atoms with Crippen LogP contribution in [0.2, 0.25) is 0 Å². The number of sulfone groups is 1. The van der Waals surface area contributed by atoms with E-state index in [1.54, 1.807) is 30.5 Å². The van der Waals surface area contributed by atoms with Gasteiger partial charge >= 0.3 is 0 Å². The van der Waals surface area contributed by atoms with E-state index in [2.05, 4.69) is 4.98 Å². The molecule has 0 saturated carbocycles. The van der Waals surface area contributed by atoms with Crippen LogP contribution in [-0.2, 0) is 16.4 Å². The van der Waals surface area contributed by atoms with Crippen LogP contribution < -0.4 is 5.73 Å². The van der Waals surface area contributed by atoms with Gasteiger partial charge in [-0.15, -0.1) is 0 Å². The van der Waals surface area contributed by atoms with E-state index in [1.807, 2.05) is 12.1 Å². The van der Waals surface area contributed by atoms with Gasteiger partial charge in [-0.1, -0.05) is 18.2 Å². The van der Waals surface area contributed by atoms with Crippen molar-refractivity contribution in [1.29, 1.82) is 0 Å². The van der Waals surface area contributed by atoms with E-state index in [-0.39, 0.29) is 0 Å². The van der Waals surface area contributed by atoms with Gasteiger partial charge in [0.05, 0.1) is 10.6 Å². The Balaban J connectivity index is 2.34. The predicted molar refractivity (Wildman–Crippen MR) is 70.7 cm³/mol. The van der Waals surface area contributed by atoms with Gasteiger partial charge in [0.25, 0.3) is 0 Å². The first-order chi connectivity index (χ1) is 8.50. The summed E-state index contributed by atoms with van der Waals surface area (Å²) in [6, 6.07) is 10.5. The summed E-state index contributed by atoms with van der Waals surface area (Å²) >= 11 is 0. The van der Waals surface area contributed by atoms with Crippen LogP contribution in [0.3, 0.4) is 0 Å². The van der Waals surface area contributed by atoms with Gasteiger partial charge < -0.3 is 5.73 Å². The summed E-state index contributed by atoms with van der Waals surface area (Å²) in [6.07, 6.45) is 2.91. The lowest BCUT2D eigenvalue weighted by atomic mass is 10.1. The lowest BCUT2D eigenvalue weighted by Crippen LogP contribution is -1.98. The second-order valence-corrected chi connectivity index (χ2v) is 6.07. The highest BCUT2D eigenvalue weighted by Crippen LogP contribution is 2.19. The molecule has 1 aromatic heterocycles. The van der Waals surface area contributed by atoms with Gasteiger partial charge in [0.15, 0.2) is 9.84 Å². The third kappa shape index (κ3) is 2.75. The number of nitrogens with two attached hydrogens (primary N) is 1. The van der Waals surface area contributed by atoms with Crippen LogP contribution in [0.15, 0.2) is 47.5 Å². The van der Waals surface area contributed by atoms with E-state index in [0.29, 0.717) is 11.4 Å². The maximum Gasteiger partial charge on any atom is 0.175 e. The summed E-state index contributed by atoms with van der Waals surface area (Å²) in [5.74, 6) is 0. The second-order valence-electron chi connectivity index (χ2n) is 4.05. The summed E-state index contributed by atoms with van der Waals surface area (Å²) in [7, 11) is -3.15. The second kappa shape index (κ2) is 4.88. The van der Waals surface area contributed by atoms with Crippen LogP contribution in [0.5, 0.6) is 0 Å². The Hall–Kier alpha value is -1.72. The fraction of sp³-hybridized carbons (Fsp3) is 0.154. The minimum absolute atomic E-state index is 0.310. The Labute approximate surface area is 106 Å². The smallest absolute Gasteiger partial charge is 0.175 e. The zero-order valence-electron chi connectivity index (χ0n) is 10.00. The van der Waals surface area contributed by atoms with Crippen molar-refractivity contribution >= 4 is 9.84 Å². The lowest BCUT2D eigenvalue weighted by Gasteiger charge is -2.03. The maximum atomic E-state index is 11.3. The maximum absolute atomic E-state index is 11.3. The predicted octanol–water partition coefficient (Wildman–Crippen LogP) is 1.61. The van der Waals surface area contributed by atoms with E-state index in [4.69, 9.17) is 5.73 Å². The molecule has 0 aliphatic carbocycles. The van der Waals surface area contributed by atoms with E-state index in [1.165, 1.54) is 6.26 Å². The Morgan fingerprint density at radius 1 is 1.11 bits per heavy atom. The molecule has 0 amide bonds. The molecule has 18 heavy (non-hydrogen) atoms. The molecule has 4 nitrogen and oxygen atoms in total. The summed E-state index contributed by atoms with van der Waals surface area (Å²) in [5, 5.41) is 0. The summed E-state index contributed by atoms with van der Waals surface area (Å²) in [5.41, 5.74) is 8.14. The molecule has 0 spiro atoms. The van der Waals surface area contributed by atoms with Crippen molar-refractivity contribution in [1.82, 2.24) is 4.98 Å². The molecule has 0 unspecified atom stereocenters. The molecule has 2 N–H and O–H groups in total. The summed E-state index contributed by atoms with van der Waals surface area (Å²) < 4.78 is 22.7. The van der Waals surface area contributed by atoms with Crippen LogP contribution >= 0.6 is 0 Å². The van der Waals surface area contributed by atoms with Crippen molar-refractivity contribution in [2.75, 3.05) is 6.26 Å². The molecule has 1 aromatic carbocycles. The molecule has 0 aliphatic rings. The van der Waals surface area contributed by atoms with Gasteiger partial charge in [-0.3, -0.25) is 4.98 Å². The first kappa shape index (κ1) is 12.7. The average Bonchev–Trinajstić information content (AvgIpc) is 2.38. The van der Waals surface area contributed by atoms with Gasteiger partial charge in [0.2, 0.25) is 0 Å². The number of hydrogen-bond donors (Lipinski definition) is 1. The van der Waals surface area contributed by atoms with Crippen molar-refractivity contribution in [3.05, 3.63) is 48.2 Å². The van der Waals surface area contributed by atoms with Gasteiger partial charge in [-0.2, -0.15) is 0 Å². The molecule has 0 atom stereocenters. The first-order valence-corrected chi connectivity index (χ1v) is 7.35. The SMILES string of the molecule is CS(=O)(=O)c1ccc(-c2ccc(CN)cn2)cc1. The zero-order valence-corrected chi connectivity index (χ0v) is 10.8. The molecule has 94 valence electrons. The number of rotatable bonds is 3. The van der Waals surface area contributed by atoms with Crippen molar-refractivity contribution in [3.8, 4) is 11.3 Å². The molecule has 2 rings (SSSR count). The van der Waals surface area contributed by atoms with Crippen LogP contribution in [0.25, 0.3) is 11.3 Å². The fourth-order valence-corrected chi connectivity index (χ4v) is 2.22. The Morgan fingerprint density at radius 2 is 1.78 bits per heavy atom. The van der Waals surface area contributed by atoms with Crippen LogP contribution in [0, 0.1) is 0 Å². The van der Waals surface area contributed by atoms with Gasteiger partial charge in [0, 0.05) is 24.6 Å². The average molecular weight is 262 g/mol. The highest BCUT2D eigenvalue weighted by molar-refractivity contribution is 7.90. The molecule has 0 aliphatic heterocycles. The Morgan fingerprint density at radius 3 is 2.22 bits per heavy atom. The van der Waals surface area contributed by atoms with E-state index in [0.717, 1.165) is 16.8 Å². The number of aromatic nitrogens is 1. The molecule has 0 bridgehead atoms. The van der Waals surface area contributed by atoms with Gasteiger partial charge in [-0.05, 0) is 23.8 Å². The first-order valence-electron chi connectivity index (χ1n) is 5.46. The van der Waals surface area contributed by atoms with Crippen molar-refractivity contribution in [2.24, 2.45) is 5.73 Å². The van der Waals surface area contributed by atoms with Crippen molar-refractivity contribution < 1.29 is 8.42 Å². The van der Waals surface area contributed by atoms with Crippen LogP contribution in [0.4, 0.5) is 0 Å². The topological polar surface area (TPSA) is 73.0 Å². The standard InChI is InChI=1S/C13H14N2O2S/c1-18(16,17)12-5-3-11(4-6-12)13-7-2-10(8-14)9-15-13/h2-7,9H,8,14H2,1H3. The normalized spacial score (nSPS) is 11.4. The molecule has 0 fully saturated rings. The van der Waals surface area contributed by atoms with E-state index >= 15 is 0 Å². The van der Waals surface area contributed by atoms with Gasteiger partial charge in [-0.25, -0.2) is 8.42 Å².